The van der Waals surface area contributed by atoms with E-state index in [2.05, 4.69) is 50.4 Å². The number of nitrogens with one attached hydrogen (secondary N) is 1. The van der Waals surface area contributed by atoms with Gasteiger partial charge in [-0.25, -0.2) is 4.39 Å². The first kappa shape index (κ1) is 17.1. The van der Waals surface area contributed by atoms with Gasteiger partial charge in [0.25, 0.3) is 5.91 Å². The Morgan fingerprint density at radius 1 is 1.21 bits per heavy atom. The van der Waals surface area contributed by atoms with Crippen molar-refractivity contribution in [1.29, 1.82) is 0 Å². The molecule has 0 radical (unpaired) electrons. The minimum Gasteiger partial charge on any atom is -0.352 e. The second-order valence-electron chi connectivity index (χ2n) is 6.03. The molecule has 2 aromatic carbocycles. The zero-order chi connectivity index (χ0) is 16.9. The number of amides is 1. The predicted molar refractivity (Wildman–Crippen MR) is 96.5 cm³/mol. The van der Waals surface area contributed by atoms with Crippen molar-refractivity contribution in [2.45, 2.75) is 19.4 Å². The average molecular weight is 391 g/mol. The minimum absolute atomic E-state index is 0.175. The Balaban J connectivity index is 1.44. The quantitative estimate of drug-likeness (QED) is 0.788. The molecule has 0 atom stereocenters. The van der Waals surface area contributed by atoms with Crippen LogP contribution in [0.2, 0.25) is 0 Å². The highest BCUT2D eigenvalue weighted by molar-refractivity contribution is 9.10. The van der Waals surface area contributed by atoms with Gasteiger partial charge in [0.05, 0.1) is 5.56 Å². The maximum absolute atomic E-state index is 13.1. The molecule has 1 aliphatic rings. The van der Waals surface area contributed by atoms with Crippen molar-refractivity contribution in [2.24, 2.45) is 0 Å². The average Bonchev–Trinajstić information content (AvgIpc) is 2.58. The maximum Gasteiger partial charge on any atom is 0.252 e. The van der Waals surface area contributed by atoms with E-state index in [4.69, 9.17) is 0 Å². The highest BCUT2D eigenvalue weighted by Gasteiger charge is 2.15. The number of nitrogens with zero attached hydrogens (tertiary/aromatic N) is 1. The second-order valence-corrected chi connectivity index (χ2v) is 6.88. The first-order valence-corrected chi connectivity index (χ1v) is 8.95. The summed E-state index contributed by atoms with van der Waals surface area (Å²) in [5, 5.41) is 2.90. The van der Waals surface area contributed by atoms with Crippen molar-refractivity contribution < 1.29 is 9.18 Å². The van der Waals surface area contributed by atoms with Gasteiger partial charge >= 0.3 is 0 Å². The zero-order valence-corrected chi connectivity index (χ0v) is 15.0. The van der Waals surface area contributed by atoms with Crippen LogP contribution < -0.4 is 5.32 Å². The maximum atomic E-state index is 13.1. The van der Waals surface area contributed by atoms with Crippen LogP contribution in [0.3, 0.4) is 0 Å². The topological polar surface area (TPSA) is 32.3 Å². The fourth-order valence-electron chi connectivity index (χ4n) is 3.02. The van der Waals surface area contributed by atoms with Crippen LogP contribution in [0.4, 0.5) is 4.39 Å². The van der Waals surface area contributed by atoms with Crippen molar-refractivity contribution in [3.63, 3.8) is 0 Å². The lowest BCUT2D eigenvalue weighted by Crippen LogP contribution is -2.33. The summed E-state index contributed by atoms with van der Waals surface area (Å²) in [4.78, 5) is 14.5. The molecule has 0 aliphatic carbocycles. The van der Waals surface area contributed by atoms with E-state index in [-0.39, 0.29) is 11.7 Å². The van der Waals surface area contributed by atoms with Gasteiger partial charge in [-0.1, -0.05) is 24.3 Å². The molecule has 0 saturated heterocycles. The van der Waals surface area contributed by atoms with Crippen LogP contribution in [0.5, 0.6) is 0 Å². The van der Waals surface area contributed by atoms with Crippen LogP contribution >= 0.6 is 15.9 Å². The molecule has 5 heteroatoms. The van der Waals surface area contributed by atoms with E-state index in [0.717, 1.165) is 32.5 Å². The molecular weight excluding hydrogens is 371 g/mol. The van der Waals surface area contributed by atoms with Gasteiger partial charge in [0.1, 0.15) is 5.82 Å². The molecule has 3 rings (SSSR count). The summed E-state index contributed by atoms with van der Waals surface area (Å²) in [6.45, 7) is 3.61. The number of carbonyl (C=O) groups excluding carboxylic acids is 1. The van der Waals surface area contributed by atoms with Crippen LogP contribution in [-0.4, -0.2) is 30.4 Å². The molecule has 126 valence electrons. The van der Waals surface area contributed by atoms with Crippen LogP contribution in [0, 0.1) is 5.82 Å². The Morgan fingerprint density at radius 2 is 2.00 bits per heavy atom. The Morgan fingerprint density at radius 3 is 2.79 bits per heavy atom. The molecule has 0 fully saturated rings. The Kier molecular flexibility index (Phi) is 5.63. The summed E-state index contributed by atoms with van der Waals surface area (Å²) in [6, 6.07) is 12.7. The smallest absolute Gasteiger partial charge is 0.252 e. The van der Waals surface area contributed by atoms with Crippen molar-refractivity contribution in [2.75, 3.05) is 19.6 Å². The number of rotatable bonds is 5. The fourth-order valence-corrected chi connectivity index (χ4v) is 3.55. The predicted octanol–water partition coefficient (Wildman–Crippen LogP) is 3.77. The van der Waals surface area contributed by atoms with Crippen LogP contribution in [-0.2, 0) is 13.0 Å². The fraction of sp³-hybridized carbons (Fsp3) is 0.316. The zero-order valence-electron chi connectivity index (χ0n) is 13.4. The number of fused-ring (bicyclic) bond motifs is 1. The van der Waals surface area contributed by atoms with Gasteiger partial charge in [0.15, 0.2) is 0 Å². The first-order chi connectivity index (χ1) is 11.6. The highest BCUT2D eigenvalue weighted by Crippen LogP contribution is 2.19. The van der Waals surface area contributed by atoms with Gasteiger partial charge in [-0.05, 0) is 58.1 Å². The standard InChI is InChI=1S/C19H20BrFN2O/c20-18-12-16(21)6-7-17(18)19(24)22-9-3-10-23-11-8-14-4-1-2-5-15(14)13-23/h1-2,4-7,12H,3,8-11,13H2,(H,22,24). The second kappa shape index (κ2) is 7.90. The SMILES string of the molecule is O=C(NCCCN1CCc2ccccc2C1)c1ccc(F)cc1Br. The summed E-state index contributed by atoms with van der Waals surface area (Å²) in [5.41, 5.74) is 3.31. The molecule has 1 aliphatic heterocycles. The summed E-state index contributed by atoms with van der Waals surface area (Å²) < 4.78 is 13.5. The molecule has 0 aromatic heterocycles. The molecule has 0 spiro atoms. The van der Waals surface area contributed by atoms with E-state index in [1.807, 2.05) is 0 Å². The minimum atomic E-state index is -0.358. The van der Waals surface area contributed by atoms with E-state index in [0.29, 0.717) is 16.6 Å². The molecule has 2 aromatic rings. The van der Waals surface area contributed by atoms with Crippen molar-refractivity contribution >= 4 is 21.8 Å². The molecule has 0 saturated carbocycles. The Labute approximate surface area is 150 Å². The van der Waals surface area contributed by atoms with Crippen LogP contribution in [0.1, 0.15) is 27.9 Å². The molecule has 1 amide bonds. The van der Waals surface area contributed by atoms with E-state index >= 15 is 0 Å². The van der Waals surface area contributed by atoms with E-state index in [1.165, 1.54) is 29.3 Å². The number of benzene rings is 2. The van der Waals surface area contributed by atoms with Crippen molar-refractivity contribution in [3.8, 4) is 0 Å². The first-order valence-electron chi connectivity index (χ1n) is 8.16. The number of halogens is 2. The molecule has 24 heavy (non-hydrogen) atoms. The molecule has 3 nitrogen and oxygen atoms in total. The van der Waals surface area contributed by atoms with Gasteiger partial charge in [-0.15, -0.1) is 0 Å². The largest absolute Gasteiger partial charge is 0.352 e. The Bertz CT molecular complexity index is 735. The third kappa shape index (κ3) is 4.22. The third-order valence-electron chi connectivity index (χ3n) is 4.32. The van der Waals surface area contributed by atoms with E-state index in [1.54, 1.807) is 0 Å². The monoisotopic (exact) mass is 390 g/mol. The van der Waals surface area contributed by atoms with Gasteiger partial charge in [-0.3, -0.25) is 9.69 Å². The van der Waals surface area contributed by atoms with Crippen molar-refractivity contribution in [1.82, 2.24) is 10.2 Å². The summed E-state index contributed by atoms with van der Waals surface area (Å²) >= 11 is 3.23. The summed E-state index contributed by atoms with van der Waals surface area (Å²) in [5.74, 6) is -0.533. The molecule has 0 unspecified atom stereocenters. The normalized spacial score (nSPS) is 14.2. The van der Waals surface area contributed by atoms with Gasteiger partial charge in [-0.2, -0.15) is 0 Å². The lowest BCUT2D eigenvalue weighted by molar-refractivity contribution is 0.0950. The molecule has 1 heterocycles. The van der Waals surface area contributed by atoms with Gasteiger partial charge in [0.2, 0.25) is 0 Å². The van der Waals surface area contributed by atoms with E-state index in [9.17, 15) is 9.18 Å². The number of hydrogen-bond donors (Lipinski definition) is 1. The van der Waals surface area contributed by atoms with Crippen LogP contribution in [0.15, 0.2) is 46.9 Å². The lowest BCUT2D eigenvalue weighted by Gasteiger charge is -2.28. The van der Waals surface area contributed by atoms with Gasteiger partial charge < -0.3 is 5.32 Å². The molecule has 1 N–H and O–H groups in total. The highest BCUT2D eigenvalue weighted by atomic mass is 79.9. The Hall–Kier alpha value is -1.72. The van der Waals surface area contributed by atoms with E-state index < -0.39 is 0 Å². The summed E-state index contributed by atoms with van der Waals surface area (Å²) in [6.07, 6.45) is 1.98. The van der Waals surface area contributed by atoms with Crippen molar-refractivity contribution in [3.05, 3.63) is 69.4 Å². The summed E-state index contributed by atoms with van der Waals surface area (Å²) in [7, 11) is 0. The van der Waals surface area contributed by atoms with Gasteiger partial charge in [0, 0.05) is 30.7 Å². The number of carbonyl (C=O) groups is 1. The third-order valence-corrected chi connectivity index (χ3v) is 4.98. The van der Waals surface area contributed by atoms with Crippen LogP contribution in [0.25, 0.3) is 0 Å². The lowest BCUT2D eigenvalue weighted by atomic mass is 10.00. The number of hydrogen-bond acceptors (Lipinski definition) is 2. The molecule has 0 bridgehead atoms. The molecular formula is C19H20BrFN2O.